The number of ether oxygens (including phenoxy) is 1. The number of carbonyl (C=O) groups excluding carboxylic acids is 1. The van der Waals surface area contributed by atoms with Gasteiger partial charge in [0.2, 0.25) is 12.0 Å². The van der Waals surface area contributed by atoms with Gasteiger partial charge in [-0.1, -0.05) is 0 Å². The third-order valence-electron chi connectivity index (χ3n) is 2.26. The van der Waals surface area contributed by atoms with Gasteiger partial charge in [0.15, 0.2) is 0 Å². The van der Waals surface area contributed by atoms with E-state index < -0.39 is 5.54 Å². The molecule has 15 heavy (non-hydrogen) atoms. The van der Waals surface area contributed by atoms with Gasteiger partial charge in [-0.2, -0.15) is 4.99 Å². The van der Waals surface area contributed by atoms with Crippen LogP contribution in [0.2, 0.25) is 0 Å². The number of hydrogen-bond donors (Lipinski definition) is 0. The molecule has 0 aliphatic heterocycles. The monoisotopic (exact) mass is 206 g/mol. The zero-order valence-corrected chi connectivity index (χ0v) is 9.37. The van der Waals surface area contributed by atoms with E-state index in [9.17, 15) is 4.79 Å². The highest BCUT2D eigenvalue weighted by molar-refractivity contribution is 5.38. The van der Waals surface area contributed by atoms with Crippen molar-refractivity contribution in [2.24, 2.45) is 4.99 Å². The van der Waals surface area contributed by atoms with Gasteiger partial charge in [0.25, 0.3) is 0 Å². The first-order valence-electron chi connectivity index (χ1n) is 4.61. The summed E-state index contributed by atoms with van der Waals surface area (Å²) < 4.78 is 5.05. The van der Waals surface area contributed by atoms with Crippen LogP contribution < -0.4 is 4.74 Å². The zero-order valence-electron chi connectivity index (χ0n) is 9.37. The summed E-state index contributed by atoms with van der Waals surface area (Å²) >= 11 is 0. The lowest BCUT2D eigenvalue weighted by Crippen LogP contribution is -2.14. The lowest BCUT2D eigenvalue weighted by Gasteiger charge is -2.18. The van der Waals surface area contributed by atoms with E-state index in [1.165, 1.54) is 0 Å². The van der Waals surface area contributed by atoms with E-state index in [2.05, 4.69) is 9.98 Å². The molecule has 0 amide bonds. The van der Waals surface area contributed by atoms with Crippen LogP contribution in [0.4, 0.5) is 0 Å². The summed E-state index contributed by atoms with van der Waals surface area (Å²) in [5.74, 6) is 0.588. The summed E-state index contributed by atoms with van der Waals surface area (Å²) in [5.41, 5.74) is 1.19. The van der Waals surface area contributed by atoms with Crippen LogP contribution in [-0.4, -0.2) is 18.2 Å². The summed E-state index contributed by atoms with van der Waals surface area (Å²) in [6.07, 6.45) is 3.23. The number of aromatic nitrogens is 1. The third kappa shape index (κ3) is 2.42. The Bertz CT molecular complexity index is 407. The van der Waals surface area contributed by atoms with Crippen molar-refractivity contribution >= 4 is 6.08 Å². The quantitative estimate of drug-likeness (QED) is 0.561. The van der Waals surface area contributed by atoms with Gasteiger partial charge in [-0.15, -0.1) is 0 Å². The minimum atomic E-state index is -0.591. The van der Waals surface area contributed by atoms with Crippen LogP contribution >= 0.6 is 0 Å². The van der Waals surface area contributed by atoms with Crippen molar-refractivity contribution in [2.75, 3.05) is 7.11 Å². The molecule has 1 aromatic heterocycles. The lowest BCUT2D eigenvalue weighted by molar-refractivity contribution is 0.393. The molecule has 0 bridgehead atoms. The third-order valence-corrected chi connectivity index (χ3v) is 2.26. The van der Waals surface area contributed by atoms with Crippen molar-refractivity contribution in [3.05, 3.63) is 23.4 Å². The Labute approximate surface area is 89.0 Å². The Morgan fingerprint density at radius 1 is 1.53 bits per heavy atom. The first-order valence-corrected chi connectivity index (χ1v) is 4.61. The molecular formula is C11H14N2O2. The predicted molar refractivity (Wildman–Crippen MR) is 56.7 cm³/mol. The van der Waals surface area contributed by atoms with Crippen molar-refractivity contribution in [3.63, 3.8) is 0 Å². The van der Waals surface area contributed by atoms with Gasteiger partial charge < -0.3 is 4.74 Å². The van der Waals surface area contributed by atoms with E-state index in [1.807, 2.05) is 26.8 Å². The fourth-order valence-corrected chi connectivity index (χ4v) is 1.29. The lowest BCUT2D eigenvalue weighted by atomic mass is 9.96. The summed E-state index contributed by atoms with van der Waals surface area (Å²) in [6.45, 7) is 5.57. The van der Waals surface area contributed by atoms with Crippen LogP contribution in [0.1, 0.15) is 25.0 Å². The second-order valence-electron chi connectivity index (χ2n) is 3.81. The van der Waals surface area contributed by atoms with Crippen molar-refractivity contribution in [2.45, 2.75) is 26.3 Å². The average Bonchev–Trinajstić information content (AvgIpc) is 2.17. The molecule has 0 fully saturated rings. The minimum absolute atomic E-state index is 0.588. The smallest absolute Gasteiger partial charge is 0.235 e. The molecular weight excluding hydrogens is 192 g/mol. The normalized spacial score (nSPS) is 10.7. The van der Waals surface area contributed by atoms with Crippen LogP contribution in [0.15, 0.2) is 17.3 Å². The first kappa shape index (κ1) is 11.4. The number of isocyanates is 1. The molecule has 0 spiro atoms. The standard InChI is InChI=1S/C11H14N2O2/c1-8-5-9(6-12-10(8)15-4)11(2,3)13-7-14/h5-6H,1-4H3. The fraction of sp³-hybridized carbons (Fsp3) is 0.455. The van der Waals surface area contributed by atoms with Crippen LogP contribution in [0.5, 0.6) is 5.88 Å². The maximum Gasteiger partial charge on any atom is 0.235 e. The molecule has 0 saturated carbocycles. The second kappa shape index (κ2) is 4.24. The van der Waals surface area contributed by atoms with Gasteiger partial charge in [-0.25, -0.2) is 9.78 Å². The van der Waals surface area contributed by atoms with E-state index in [0.717, 1.165) is 11.1 Å². The highest BCUT2D eigenvalue weighted by Crippen LogP contribution is 2.26. The maximum atomic E-state index is 10.3. The topological polar surface area (TPSA) is 51.6 Å². The second-order valence-corrected chi connectivity index (χ2v) is 3.81. The Kier molecular flexibility index (Phi) is 3.22. The van der Waals surface area contributed by atoms with Gasteiger partial charge in [0.05, 0.1) is 12.6 Å². The van der Waals surface area contributed by atoms with E-state index >= 15 is 0 Å². The molecule has 0 aromatic carbocycles. The molecule has 1 aromatic rings. The van der Waals surface area contributed by atoms with Crippen LogP contribution in [-0.2, 0) is 10.3 Å². The first-order chi connectivity index (χ1) is 7.01. The Balaban J connectivity index is 3.17. The minimum Gasteiger partial charge on any atom is -0.481 e. The molecule has 1 heterocycles. The molecule has 0 saturated heterocycles. The maximum absolute atomic E-state index is 10.3. The highest BCUT2D eigenvalue weighted by atomic mass is 16.5. The molecule has 4 nitrogen and oxygen atoms in total. The number of hydrogen-bond acceptors (Lipinski definition) is 4. The molecule has 0 N–H and O–H groups in total. The average molecular weight is 206 g/mol. The SMILES string of the molecule is COc1ncc(C(C)(C)N=C=O)cc1C. The number of rotatable bonds is 3. The van der Waals surface area contributed by atoms with Crippen molar-refractivity contribution in [3.8, 4) is 5.88 Å². The summed E-state index contributed by atoms with van der Waals surface area (Å²) in [4.78, 5) is 18.1. The highest BCUT2D eigenvalue weighted by Gasteiger charge is 2.20. The van der Waals surface area contributed by atoms with Gasteiger partial charge in [0.1, 0.15) is 0 Å². The fourth-order valence-electron chi connectivity index (χ4n) is 1.29. The number of methoxy groups -OCH3 is 1. The summed E-state index contributed by atoms with van der Waals surface area (Å²) in [6, 6.07) is 1.91. The number of aryl methyl sites for hydroxylation is 1. The van der Waals surface area contributed by atoms with Gasteiger partial charge in [-0.05, 0) is 32.4 Å². The van der Waals surface area contributed by atoms with Gasteiger partial charge in [0, 0.05) is 11.8 Å². The number of aliphatic imine (C=N–C) groups is 1. The molecule has 80 valence electrons. The Morgan fingerprint density at radius 3 is 2.67 bits per heavy atom. The molecule has 0 radical (unpaired) electrons. The van der Waals surface area contributed by atoms with Crippen molar-refractivity contribution in [1.82, 2.24) is 4.98 Å². The predicted octanol–water partition coefficient (Wildman–Crippen LogP) is 1.97. The van der Waals surface area contributed by atoms with Crippen LogP contribution in [0.25, 0.3) is 0 Å². The van der Waals surface area contributed by atoms with E-state index in [0.29, 0.717) is 5.88 Å². The zero-order chi connectivity index (χ0) is 11.5. The molecule has 4 heteroatoms. The van der Waals surface area contributed by atoms with E-state index in [1.54, 1.807) is 19.4 Å². The van der Waals surface area contributed by atoms with Crippen LogP contribution in [0.3, 0.4) is 0 Å². The Morgan fingerprint density at radius 2 is 2.20 bits per heavy atom. The van der Waals surface area contributed by atoms with E-state index in [-0.39, 0.29) is 0 Å². The molecule has 0 atom stereocenters. The van der Waals surface area contributed by atoms with Gasteiger partial charge in [-0.3, -0.25) is 0 Å². The Hall–Kier alpha value is -1.67. The van der Waals surface area contributed by atoms with Crippen molar-refractivity contribution < 1.29 is 9.53 Å². The van der Waals surface area contributed by atoms with Crippen LogP contribution in [0, 0.1) is 6.92 Å². The summed E-state index contributed by atoms with van der Waals surface area (Å²) in [7, 11) is 1.57. The largest absolute Gasteiger partial charge is 0.481 e. The van der Waals surface area contributed by atoms with E-state index in [4.69, 9.17) is 4.74 Å². The molecule has 0 aliphatic rings. The number of pyridine rings is 1. The molecule has 1 rings (SSSR count). The molecule has 0 unspecified atom stereocenters. The van der Waals surface area contributed by atoms with Crippen molar-refractivity contribution in [1.29, 1.82) is 0 Å². The molecule has 0 aliphatic carbocycles. The van der Waals surface area contributed by atoms with Gasteiger partial charge >= 0.3 is 0 Å². The number of nitrogens with zero attached hydrogens (tertiary/aromatic N) is 2. The summed E-state index contributed by atoms with van der Waals surface area (Å²) in [5, 5.41) is 0.